The van der Waals surface area contributed by atoms with Crippen LogP contribution in [0.5, 0.6) is 11.5 Å². The van der Waals surface area contributed by atoms with Gasteiger partial charge < -0.3 is 14.8 Å². The van der Waals surface area contributed by atoms with Crippen molar-refractivity contribution in [2.24, 2.45) is 5.10 Å². The smallest absolute Gasteiger partial charge is 0.302 e. The van der Waals surface area contributed by atoms with E-state index in [0.29, 0.717) is 24.5 Å². The Hall–Kier alpha value is -3.00. The summed E-state index contributed by atoms with van der Waals surface area (Å²) in [5, 5.41) is 9.05. The summed E-state index contributed by atoms with van der Waals surface area (Å²) in [6.45, 7) is 4.52. The number of rotatable bonds is 11. The van der Waals surface area contributed by atoms with Gasteiger partial charge in [-0.15, -0.1) is 0 Å². The summed E-state index contributed by atoms with van der Waals surface area (Å²) < 4.78 is 10.8. The molecule has 1 unspecified atom stereocenters. The molecule has 182 valence electrons. The van der Waals surface area contributed by atoms with E-state index in [1.807, 2.05) is 49.4 Å². The van der Waals surface area contributed by atoms with Gasteiger partial charge in [-0.05, 0) is 48.7 Å². The number of benzene rings is 2. The molecule has 8 heteroatoms. The van der Waals surface area contributed by atoms with E-state index in [9.17, 15) is 9.59 Å². The highest BCUT2D eigenvalue weighted by atomic mass is 32.2. The van der Waals surface area contributed by atoms with E-state index >= 15 is 0 Å². The molecule has 2 aromatic rings. The Morgan fingerprint density at radius 2 is 1.79 bits per heavy atom. The van der Waals surface area contributed by atoms with Gasteiger partial charge in [0.25, 0.3) is 0 Å². The highest BCUT2D eigenvalue weighted by Crippen LogP contribution is 2.33. The fraction of sp³-hybridized carbons (Fsp3) is 0.423. The van der Waals surface area contributed by atoms with Crippen molar-refractivity contribution < 1.29 is 19.1 Å². The molecule has 7 nitrogen and oxygen atoms in total. The molecule has 0 fully saturated rings. The van der Waals surface area contributed by atoms with Crippen molar-refractivity contribution in [3.05, 3.63) is 53.6 Å². The zero-order valence-corrected chi connectivity index (χ0v) is 21.1. The van der Waals surface area contributed by atoms with Crippen molar-refractivity contribution in [1.82, 2.24) is 5.01 Å². The maximum atomic E-state index is 12.8. The molecule has 2 aromatic carbocycles. The highest BCUT2D eigenvalue weighted by molar-refractivity contribution is 8.14. The van der Waals surface area contributed by atoms with Gasteiger partial charge in [0.05, 0.1) is 31.7 Å². The monoisotopic (exact) mass is 483 g/mol. The fourth-order valence-corrected chi connectivity index (χ4v) is 4.65. The molecule has 34 heavy (non-hydrogen) atoms. The zero-order valence-electron chi connectivity index (χ0n) is 20.3. The summed E-state index contributed by atoms with van der Waals surface area (Å²) in [6.07, 6.45) is 4.35. The van der Waals surface area contributed by atoms with E-state index in [2.05, 4.69) is 12.2 Å². The van der Waals surface area contributed by atoms with Gasteiger partial charge in [0, 0.05) is 17.7 Å². The van der Waals surface area contributed by atoms with Crippen LogP contribution in [0, 0.1) is 0 Å². The van der Waals surface area contributed by atoms with Gasteiger partial charge in [-0.2, -0.15) is 5.10 Å². The summed E-state index contributed by atoms with van der Waals surface area (Å²) in [5.41, 5.74) is 3.42. The van der Waals surface area contributed by atoms with E-state index in [1.165, 1.54) is 16.8 Å². The quantitative estimate of drug-likeness (QED) is 0.392. The minimum Gasteiger partial charge on any atom is -0.493 e. The van der Waals surface area contributed by atoms with Gasteiger partial charge in [0.1, 0.15) is 0 Å². The summed E-state index contributed by atoms with van der Waals surface area (Å²) in [5.74, 6) is 1.30. The lowest BCUT2D eigenvalue weighted by molar-refractivity contribution is -0.116. The lowest BCUT2D eigenvalue weighted by Gasteiger charge is -2.28. The third-order valence-corrected chi connectivity index (χ3v) is 6.87. The van der Waals surface area contributed by atoms with Crippen molar-refractivity contribution in [2.45, 2.75) is 57.7 Å². The molecule has 0 aromatic heterocycles. The minimum atomic E-state index is -0.0793. The second kappa shape index (κ2) is 12.5. The van der Waals surface area contributed by atoms with Crippen LogP contribution in [0.2, 0.25) is 0 Å². The van der Waals surface area contributed by atoms with Crippen molar-refractivity contribution in [3.63, 3.8) is 0 Å². The lowest BCUT2D eigenvalue weighted by Crippen LogP contribution is -2.34. The number of anilines is 1. The normalized spacial score (nSPS) is 15.6. The average molecular weight is 484 g/mol. The van der Waals surface area contributed by atoms with Crippen LogP contribution in [0.1, 0.15) is 57.1 Å². The molecule has 0 saturated heterocycles. The molecule has 1 aliphatic heterocycles. The molecular formula is C26H33N3O4S. The molecule has 0 radical (unpaired) electrons. The van der Waals surface area contributed by atoms with Crippen LogP contribution < -0.4 is 14.8 Å². The SMILES string of the molecule is CCCCCC(=O)Nc1ccc(CN2N=C(c3ccc(OC)c(OC)c3)C(CC)SC2=O)cc1. The van der Waals surface area contributed by atoms with Crippen LogP contribution in [-0.2, 0) is 11.3 Å². The molecule has 0 saturated carbocycles. The van der Waals surface area contributed by atoms with Crippen LogP contribution in [-0.4, -0.2) is 41.3 Å². The van der Waals surface area contributed by atoms with Gasteiger partial charge >= 0.3 is 5.24 Å². The number of nitrogens with zero attached hydrogens (tertiary/aromatic N) is 2. The van der Waals surface area contributed by atoms with Gasteiger partial charge in [-0.25, -0.2) is 5.01 Å². The number of hydrazone groups is 1. The summed E-state index contributed by atoms with van der Waals surface area (Å²) in [7, 11) is 3.20. The maximum absolute atomic E-state index is 12.8. The molecule has 0 aliphatic carbocycles. The van der Waals surface area contributed by atoms with Crippen molar-refractivity contribution in [1.29, 1.82) is 0 Å². The molecule has 0 bridgehead atoms. The van der Waals surface area contributed by atoms with Crippen LogP contribution in [0.4, 0.5) is 10.5 Å². The van der Waals surface area contributed by atoms with Crippen molar-refractivity contribution in [2.75, 3.05) is 19.5 Å². The first-order chi connectivity index (χ1) is 16.5. The van der Waals surface area contributed by atoms with Crippen LogP contribution in [0.15, 0.2) is 47.6 Å². The van der Waals surface area contributed by atoms with Gasteiger partial charge in [-0.1, -0.05) is 50.6 Å². The number of unbranched alkanes of at least 4 members (excludes halogenated alkanes) is 2. The first-order valence-electron chi connectivity index (χ1n) is 11.7. The summed E-state index contributed by atoms with van der Waals surface area (Å²) in [6, 6.07) is 13.2. The van der Waals surface area contributed by atoms with Crippen molar-refractivity contribution in [3.8, 4) is 11.5 Å². The van der Waals surface area contributed by atoms with Crippen molar-refractivity contribution >= 4 is 34.3 Å². The van der Waals surface area contributed by atoms with E-state index in [0.717, 1.165) is 48.2 Å². The zero-order chi connectivity index (χ0) is 24.5. The first-order valence-corrected chi connectivity index (χ1v) is 12.5. The third-order valence-electron chi connectivity index (χ3n) is 5.61. The van der Waals surface area contributed by atoms with Gasteiger partial charge in [0.15, 0.2) is 11.5 Å². The molecule has 1 N–H and O–H groups in total. The molecule has 0 spiro atoms. The highest BCUT2D eigenvalue weighted by Gasteiger charge is 2.30. The van der Waals surface area contributed by atoms with Crippen LogP contribution in [0.25, 0.3) is 0 Å². The Labute approximate surface area is 205 Å². The predicted octanol–water partition coefficient (Wildman–Crippen LogP) is 6.07. The maximum Gasteiger partial charge on any atom is 0.302 e. The Morgan fingerprint density at radius 1 is 1.06 bits per heavy atom. The number of ether oxygens (including phenoxy) is 2. The molecule has 1 aliphatic rings. The number of thioether (sulfide) groups is 1. The number of nitrogens with one attached hydrogen (secondary N) is 1. The topological polar surface area (TPSA) is 80.2 Å². The predicted molar refractivity (Wildman–Crippen MR) is 138 cm³/mol. The van der Waals surface area contributed by atoms with Crippen LogP contribution in [0.3, 0.4) is 0 Å². The largest absolute Gasteiger partial charge is 0.493 e. The lowest BCUT2D eigenvalue weighted by atomic mass is 10.0. The number of amides is 2. The van der Waals surface area contributed by atoms with Gasteiger partial charge in [-0.3, -0.25) is 9.59 Å². The van der Waals surface area contributed by atoms with E-state index < -0.39 is 0 Å². The average Bonchev–Trinajstić information content (AvgIpc) is 2.85. The molecular weight excluding hydrogens is 450 g/mol. The first kappa shape index (κ1) is 25.6. The summed E-state index contributed by atoms with van der Waals surface area (Å²) >= 11 is 1.29. The van der Waals surface area contributed by atoms with Crippen LogP contribution >= 0.6 is 11.8 Å². The molecule has 3 rings (SSSR count). The fourth-order valence-electron chi connectivity index (χ4n) is 3.71. The number of methoxy groups -OCH3 is 2. The summed E-state index contributed by atoms with van der Waals surface area (Å²) in [4.78, 5) is 24.8. The molecule has 2 amide bonds. The number of carbonyl (C=O) groups is 2. The second-order valence-electron chi connectivity index (χ2n) is 8.10. The minimum absolute atomic E-state index is 0.0265. The Kier molecular flexibility index (Phi) is 9.39. The molecule has 1 atom stereocenters. The second-order valence-corrected chi connectivity index (χ2v) is 9.25. The standard InChI is InChI=1S/C26H33N3O4S/c1-5-7-8-9-24(30)27-20-13-10-18(11-14-20)17-29-26(31)34-23(6-2)25(28-29)19-12-15-21(32-3)22(16-19)33-4/h10-16,23H,5-9,17H2,1-4H3,(H,27,30). The van der Waals surface area contributed by atoms with E-state index in [1.54, 1.807) is 14.2 Å². The third kappa shape index (κ3) is 6.53. The number of hydrogen-bond donors (Lipinski definition) is 1. The van der Waals surface area contributed by atoms with E-state index in [4.69, 9.17) is 14.6 Å². The Bertz CT molecular complexity index is 1020. The van der Waals surface area contributed by atoms with E-state index in [-0.39, 0.29) is 16.4 Å². The number of carbonyl (C=O) groups excluding carboxylic acids is 2. The Balaban J connectivity index is 1.75. The molecule has 1 heterocycles. The van der Waals surface area contributed by atoms with Gasteiger partial charge in [0.2, 0.25) is 5.91 Å². The number of hydrogen-bond acceptors (Lipinski definition) is 6. The Morgan fingerprint density at radius 3 is 2.44 bits per heavy atom.